The molecule has 0 fully saturated rings. The van der Waals surface area contributed by atoms with Gasteiger partial charge in [0.05, 0.1) is 27.1 Å². The van der Waals surface area contributed by atoms with Gasteiger partial charge in [0.25, 0.3) is 5.69 Å². The van der Waals surface area contributed by atoms with Crippen LogP contribution in [-0.2, 0) is 4.74 Å². The summed E-state index contributed by atoms with van der Waals surface area (Å²) in [4.78, 5) is 22.0. The molecule has 0 bridgehead atoms. The fourth-order valence-corrected chi connectivity index (χ4v) is 2.10. The standard InChI is InChI=1S/C13H15Cl2NO4/c1-3-4-8(2)7-20-13(17)10-5-9(16(18)19)6-11(14)12(10)15/h5-6,8H,3-4,7H2,1-2H3. The first-order chi connectivity index (χ1) is 9.36. The van der Waals surface area contributed by atoms with E-state index in [4.69, 9.17) is 27.9 Å². The van der Waals surface area contributed by atoms with Crippen LogP contribution in [0.5, 0.6) is 0 Å². The highest BCUT2D eigenvalue weighted by molar-refractivity contribution is 6.43. The molecule has 110 valence electrons. The number of rotatable bonds is 6. The molecule has 0 heterocycles. The molecule has 1 aromatic carbocycles. The van der Waals surface area contributed by atoms with E-state index < -0.39 is 10.9 Å². The van der Waals surface area contributed by atoms with Gasteiger partial charge in [0, 0.05) is 12.1 Å². The number of carbonyl (C=O) groups is 1. The number of hydrogen-bond acceptors (Lipinski definition) is 4. The van der Waals surface area contributed by atoms with Gasteiger partial charge in [-0.2, -0.15) is 0 Å². The average molecular weight is 320 g/mol. The maximum absolute atomic E-state index is 11.9. The van der Waals surface area contributed by atoms with Gasteiger partial charge >= 0.3 is 5.97 Å². The lowest BCUT2D eigenvalue weighted by Crippen LogP contribution is -2.13. The molecule has 0 N–H and O–H groups in total. The second kappa shape index (κ2) is 7.45. The smallest absolute Gasteiger partial charge is 0.339 e. The number of nitro groups is 1. The van der Waals surface area contributed by atoms with Crippen LogP contribution in [-0.4, -0.2) is 17.5 Å². The topological polar surface area (TPSA) is 69.4 Å². The molecular weight excluding hydrogens is 305 g/mol. The van der Waals surface area contributed by atoms with Gasteiger partial charge in [0.2, 0.25) is 0 Å². The number of benzene rings is 1. The van der Waals surface area contributed by atoms with Crippen LogP contribution in [0.4, 0.5) is 5.69 Å². The van der Waals surface area contributed by atoms with Crippen LogP contribution in [0.2, 0.25) is 10.0 Å². The highest BCUT2D eigenvalue weighted by Gasteiger charge is 2.21. The lowest BCUT2D eigenvalue weighted by atomic mass is 10.1. The summed E-state index contributed by atoms with van der Waals surface area (Å²) >= 11 is 11.7. The number of hydrogen-bond donors (Lipinski definition) is 0. The van der Waals surface area contributed by atoms with Crippen LogP contribution in [0, 0.1) is 16.0 Å². The third-order valence-corrected chi connectivity index (χ3v) is 3.53. The van der Waals surface area contributed by atoms with Gasteiger partial charge in [-0.3, -0.25) is 10.1 Å². The zero-order valence-electron chi connectivity index (χ0n) is 11.2. The second-order valence-electron chi connectivity index (χ2n) is 4.54. The number of nitro benzene ring substituents is 1. The molecule has 0 aliphatic heterocycles. The molecule has 1 atom stereocenters. The summed E-state index contributed by atoms with van der Waals surface area (Å²) in [7, 11) is 0. The summed E-state index contributed by atoms with van der Waals surface area (Å²) in [5.41, 5.74) is -0.387. The van der Waals surface area contributed by atoms with Crippen molar-refractivity contribution < 1.29 is 14.5 Å². The zero-order valence-corrected chi connectivity index (χ0v) is 12.7. The summed E-state index contributed by atoms with van der Waals surface area (Å²) in [6, 6.07) is 2.17. The Morgan fingerprint density at radius 3 is 2.65 bits per heavy atom. The maximum atomic E-state index is 11.9. The van der Waals surface area contributed by atoms with Crippen molar-refractivity contribution >= 4 is 34.9 Å². The van der Waals surface area contributed by atoms with Gasteiger partial charge in [-0.25, -0.2) is 4.79 Å². The molecule has 20 heavy (non-hydrogen) atoms. The van der Waals surface area contributed by atoms with E-state index in [0.29, 0.717) is 0 Å². The van der Waals surface area contributed by atoms with Crippen LogP contribution in [0.25, 0.3) is 0 Å². The van der Waals surface area contributed by atoms with Crippen LogP contribution in [0.3, 0.4) is 0 Å². The third-order valence-electron chi connectivity index (χ3n) is 2.72. The maximum Gasteiger partial charge on any atom is 0.339 e. The quantitative estimate of drug-likeness (QED) is 0.440. The fourth-order valence-electron chi connectivity index (χ4n) is 1.70. The summed E-state index contributed by atoms with van der Waals surface area (Å²) in [6.45, 7) is 4.23. The van der Waals surface area contributed by atoms with Gasteiger partial charge in [-0.15, -0.1) is 0 Å². The Hall–Kier alpha value is -1.33. The van der Waals surface area contributed by atoms with E-state index in [1.807, 2.05) is 13.8 Å². The molecule has 1 unspecified atom stereocenters. The van der Waals surface area contributed by atoms with Crippen molar-refractivity contribution in [1.82, 2.24) is 0 Å². The van der Waals surface area contributed by atoms with Gasteiger partial charge in [0.15, 0.2) is 0 Å². The number of carbonyl (C=O) groups excluding carboxylic acids is 1. The molecule has 1 aromatic rings. The van der Waals surface area contributed by atoms with Crippen molar-refractivity contribution in [2.45, 2.75) is 26.7 Å². The number of halogens is 2. The molecular formula is C13H15Cl2NO4. The van der Waals surface area contributed by atoms with Gasteiger partial charge in [-0.1, -0.05) is 43.5 Å². The van der Waals surface area contributed by atoms with E-state index in [9.17, 15) is 14.9 Å². The Kier molecular flexibility index (Phi) is 6.23. The summed E-state index contributed by atoms with van der Waals surface area (Å²) < 4.78 is 5.11. The predicted molar refractivity (Wildman–Crippen MR) is 77.5 cm³/mol. The monoisotopic (exact) mass is 319 g/mol. The molecule has 0 aliphatic carbocycles. The predicted octanol–water partition coefficient (Wildman–Crippen LogP) is 4.49. The average Bonchev–Trinajstić information content (AvgIpc) is 2.39. The van der Waals surface area contributed by atoms with Crippen LogP contribution >= 0.6 is 23.2 Å². The molecule has 0 spiro atoms. The van der Waals surface area contributed by atoms with E-state index in [-0.39, 0.29) is 33.8 Å². The molecule has 1 rings (SSSR count). The minimum atomic E-state index is -0.705. The van der Waals surface area contributed by atoms with E-state index in [0.717, 1.165) is 25.0 Å². The van der Waals surface area contributed by atoms with Gasteiger partial charge in [0.1, 0.15) is 0 Å². The first-order valence-corrected chi connectivity index (χ1v) is 6.93. The summed E-state index contributed by atoms with van der Waals surface area (Å²) in [5, 5.41) is 10.7. The van der Waals surface area contributed by atoms with E-state index in [1.54, 1.807) is 0 Å². The molecule has 5 nitrogen and oxygen atoms in total. The highest BCUT2D eigenvalue weighted by atomic mass is 35.5. The largest absolute Gasteiger partial charge is 0.462 e. The number of ether oxygens (including phenoxy) is 1. The third kappa shape index (κ3) is 4.35. The van der Waals surface area contributed by atoms with Crippen molar-refractivity contribution in [3.05, 3.63) is 37.9 Å². The zero-order chi connectivity index (χ0) is 15.3. The number of non-ortho nitro benzene ring substituents is 1. The van der Waals surface area contributed by atoms with Crippen molar-refractivity contribution in [1.29, 1.82) is 0 Å². The summed E-state index contributed by atoms with van der Waals surface area (Å²) in [6.07, 6.45) is 1.92. The normalized spacial score (nSPS) is 12.0. The van der Waals surface area contributed by atoms with Crippen LogP contribution in [0.1, 0.15) is 37.0 Å². The lowest BCUT2D eigenvalue weighted by molar-refractivity contribution is -0.384. The van der Waals surface area contributed by atoms with Crippen LogP contribution < -0.4 is 0 Å². The fraction of sp³-hybridized carbons (Fsp3) is 0.462. The highest BCUT2D eigenvalue weighted by Crippen LogP contribution is 2.31. The number of esters is 1. The summed E-state index contributed by atoms with van der Waals surface area (Å²) in [5.74, 6) is -0.486. The van der Waals surface area contributed by atoms with E-state index in [2.05, 4.69) is 0 Å². The minimum Gasteiger partial charge on any atom is -0.462 e. The Bertz CT molecular complexity index is 519. The lowest BCUT2D eigenvalue weighted by Gasteiger charge is -2.11. The van der Waals surface area contributed by atoms with E-state index >= 15 is 0 Å². The first kappa shape index (κ1) is 16.7. The Morgan fingerprint density at radius 1 is 1.45 bits per heavy atom. The van der Waals surface area contributed by atoms with Crippen molar-refractivity contribution in [2.75, 3.05) is 6.61 Å². The molecule has 0 radical (unpaired) electrons. The number of nitrogens with zero attached hydrogens (tertiary/aromatic N) is 1. The Morgan fingerprint density at radius 2 is 2.10 bits per heavy atom. The molecule has 0 saturated heterocycles. The van der Waals surface area contributed by atoms with Crippen molar-refractivity contribution in [3.63, 3.8) is 0 Å². The molecule has 0 saturated carbocycles. The molecule has 0 amide bonds. The van der Waals surface area contributed by atoms with Crippen LogP contribution in [0.15, 0.2) is 12.1 Å². The SMILES string of the molecule is CCCC(C)COC(=O)c1cc([N+](=O)[O-])cc(Cl)c1Cl. The van der Waals surface area contributed by atoms with Crippen molar-refractivity contribution in [3.8, 4) is 0 Å². The molecule has 0 aromatic heterocycles. The molecule has 0 aliphatic rings. The second-order valence-corrected chi connectivity index (χ2v) is 5.32. The van der Waals surface area contributed by atoms with Gasteiger partial charge in [-0.05, 0) is 12.3 Å². The first-order valence-electron chi connectivity index (χ1n) is 6.17. The Balaban J connectivity index is 2.89. The van der Waals surface area contributed by atoms with E-state index in [1.165, 1.54) is 0 Å². The van der Waals surface area contributed by atoms with Crippen molar-refractivity contribution in [2.24, 2.45) is 5.92 Å². The minimum absolute atomic E-state index is 0.0367. The Labute approximate surface area is 127 Å². The molecule has 7 heteroatoms. The van der Waals surface area contributed by atoms with Gasteiger partial charge < -0.3 is 4.74 Å².